The summed E-state index contributed by atoms with van der Waals surface area (Å²) in [6.45, 7) is 1.75. The van der Waals surface area contributed by atoms with Crippen LogP contribution in [0.4, 0.5) is 0 Å². The Morgan fingerprint density at radius 1 is 0.759 bits per heavy atom. The number of hydrogen-bond acceptors (Lipinski definition) is 3. The third-order valence-corrected chi connectivity index (χ3v) is 7.23. The largest absolute Gasteiger partial charge is 0.282 e. The molecule has 0 aromatic heterocycles. The van der Waals surface area contributed by atoms with Gasteiger partial charge < -0.3 is 0 Å². The summed E-state index contributed by atoms with van der Waals surface area (Å²) in [5, 5.41) is 0.551. The fourth-order valence-corrected chi connectivity index (χ4v) is 5.85. The Kier molecular flexibility index (Phi) is 4.86. The number of benzene rings is 3. The molecule has 144 valence electrons. The Morgan fingerprint density at radius 3 is 1.72 bits per heavy atom. The molecule has 0 spiro atoms. The number of likely N-dealkylation sites (tertiary alicyclic amines) is 1. The molecule has 2 heterocycles. The second-order valence-corrected chi connectivity index (χ2v) is 8.87. The summed E-state index contributed by atoms with van der Waals surface area (Å²) in [5.41, 5.74) is 4.64. The predicted octanol–water partition coefficient (Wildman–Crippen LogP) is 5.25. The number of hydrogen-bond donors (Lipinski definition) is 0. The first-order valence-corrected chi connectivity index (χ1v) is 11.0. The maximum atomic E-state index is 12.0. The normalized spacial score (nSPS) is 19.7. The van der Waals surface area contributed by atoms with Gasteiger partial charge >= 0.3 is 0 Å². The summed E-state index contributed by atoms with van der Waals surface area (Å²) in [6, 6.07) is 32.3. The number of rotatable bonds is 4. The zero-order valence-electron chi connectivity index (χ0n) is 16.2. The zero-order valence-corrected chi connectivity index (χ0v) is 17.0. The molecule has 1 fully saturated rings. The van der Waals surface area contributed by atoms with E-state index in [0.29, 0.717) is 5.25 Å². The van der Waals surface area contributed by atoms with E-state index >= 15 is 0 Å². The van der Waals surface area contributed by atoms with E-state index in [1.807, 2.05) is 6.08 Å². The summed E-state index contributed by atoms with van der Waals surface area (Å²) in [4.78, 5) is 14.6. The molecule has 1 atom stereocenters. The van der Waals surface area contributed by atoms with Crippen molar-refractivity contribution < 1.29 is 4.79 Å². The van der Waals surface area contributed by atoms with Gasteiger partial charge in [0, 0.05) is 18.3 Å². The second kappa shape index (κ2) is 7.66. The second-order valence-electron chi connectivity index (χ2n) is 7.66. The lowest BCUT2D eigenvalue weighted by Gasteiger charge is -2.48. The molecule has 0 amide bonds. The third kappa shape index (κ3) is 3.15. The quantitative estimate of drug-likeness (QED) is 0.561. The Hall–Kier alpha value is -2.62. The van der Waals surface area contributed by atoms with Crippen molar-refractivity contribution in [3.05, 3.63) is 119 Å². The summed E-state index contributed by atoms with van der Waals surface area (Å²) < 4.78 is 0. The van der Waals surface area contributed by atoms with Gasteiger partial charge in [0.15, 0.2) is 0 Å². The van der Waals surface area contributed by atoms with Crippen LogP contribution < -0.4 is 0 Å². The van der Waals surface area contributed by atoms with Crippen molar-refractivity contribution in [1.82, 2.24) is 4.90 Å². The molecule has 29 heavy (non-hydrogen) atoms. The lowest BCUT2D eigenvalue weighted by Crippen LogP contribution is -2.52. The fourth-order valence-electron chi connectivity index (χ4n) is 4.83. The number of carbonyl (C=O) groups is 1. The molecule has 3 aromatic rings. The molecule has 2 aliphatic rings. The lowest BCUT2D eigenvalue weighted by atomic mass is 9.74. The highest BCUT2D eigenvalue weighted by Gasteiger charge is 2.45. The van der Waals surface area contributed by atoms with Crippen molar-refractivity contribution in [2.45, 2.75) is 17.2 Å². The minimum absolute atomic E-state index is 0.205. The monoisotopic (exact) mass is 397 g/mol. The van der Waals surface area contributed by atoms with Crippen molar-refractivity contribution in [2.75, 3.05) is 13.1 Å². The third-order valence-electron chi connectivity index (χ3n) is 6.06. The van der Waals surface area contributed by atoms with Crippen LogP contribution >= 0.6 is 11.8 Å². The van der Waals surface area contributed by atoms with E-state index in [-0.39, 0.29) is 5.12 Å². The molecule has 3 aromatic carbocycles. The fraction of sp³-hybridized carbons (Fsp3) is 0.192. The SMILES string of the molecule is O=C1C=C2CN(C(c3ccccc3)(c3ccccc3)c3ccccc3)CC[C@H]2S1. The first-order chi connectivity index (χ1) is 14.3. The number of nitrogens with zero attached hydrogens (tertiary/aromatic N) is 1. The van der Waals surface area contributed by atoms with E-state index in [9.17, 15) is 4.79 Å². The van der Waals surface area contributed by atoms with Gasteiger partial charge in [0.05, 0.1) is 5.54 Å². The lowest BCUT2D eigenvalue weighted by molar-refractivity contribution is -0.106. The Labute approximate surface area is 176 Å². The molecule has 0 aliphatic carbocycles. The molecule has 0 saturated carbocycles. The summed E-state index contributed by atoms with van der Waals surface area (Å²) in [5.74, 6) is 0. The number of thioether (sulfide) groups is 1. The maximum absolute atomic E-state index is 12.0. The zero-order chi connectivity index (χ0) is 19.7. The Morgan fingerprint density at radius 2 is 1.24 bits per heavy atom. The molecule has 2 nitrogen and oxygen atoms in total. The van der Waals surface area contributed by atoms with Crippen molar-refractivity contribution in [2.24, 2.45) is 0 Å². The molecule has 5 rings (SSSR count). The van der Waals surface area contributed by atoms with Crippen LogP contribution in [-0.2, 0) is 10.3 Å². The van der Waals surface area contributed by atoms with Gasteiger partial charge in [0.1, 0.15) is 0 Å². The van der Waals surface area contributed by atoms with E-state index in [1.165, 1.54) is 34.0 Å². The van der Waals surface area contributed by atoms with Crippen LogP contribution in [-0.4, -0.2) is 28.4 Å². The number of piperidine rings is 1. The molecule has 0 unspecified atom stereocenters. The number of carbonyl (C=O) groups excluding carboxylic acids is 1. The minimum atomic E-state index is -0.397. The van der Waals surface area contributed by atoms with Crippen molar-refractivity contribution in [3.8, 4) is 0 Å². The summed E-state index contributed by atoms with van der Waals surface area (Å²) >= 11 is 1.49. The smallest absolute Gasteiger partial charge is 0.212 e. The molecule has 1 saturated heterocycles. The van der Waals surface area contributed by atoms with E-state index in [1.54, 1.807) is 0 Å². The highest BCUT2D eigenvalue weighted by Crippen LogP contribution is 2.46. The van der Waals surface area contributed by atoms with Gasteiger partial charge in [-0.3, -0.25) is 9.69 Å². The minimum Gasteiger partial charge on any atom is -0.282 e. The van der Waals surface area contributed by atoms with E-state index in [4.69, 9.17) is 0 Å². The van der Waals surface area contributed by atoms with Crippen LogP contribution in [0.5, 0.6) is 0 Å². The topological polar surface area (TPSA) is 20.3 Å². The van der Waals surface area contributed by atoms with Crippen LogP contribution in [0.2, 0.25) is 0 Å². The van der Waals surface area contributed by atoms with Gasteiger partial charge in [-0.25, -0.2) is 0 Å². The molecular formula is C26H23NOS. The molecular weight excluding hydrogens is 374 g/mol. The standard InChI is InChI=1S/C26H23NOS/c28-25-18-20-19-27(17-16-24(20)29-25)26(21-10-4-1-5-11-21,22-12-6-2-7-13-22)23-14-8-3-9-15-23/h1-15,18,24H,16-17,19H2/t24-/m1/s1. The van der Waals surface area contributed by atoms with Crippen molar-refractivity contribution in [1.29, 1.82) is 0 Å². The van der Waals surface area contributed by atoms with Crippen LogP contribution in [0.15, 0.2) is 103 Å². The Bertz CT molecular complexity index is 933. The van der Waals surface area contributed by atoms with Gasteiger partial charge in [-0.1, -0.05) is 103 Å². The molecule has 2 aliphatic heterocycles. The van der Waals surface area contributed by atoms with Gasteiger partial charge in [-0.05, 0) is 34.8 Å². The number of fused-ring (bicyclic) bond motifs is 1. The van der Waals surface area contributed by atoms with Crippen LogP contribution in [0, 0.1) is 0 Å². The van der Waals surface area contributed by atoms with Crippen LogP contribution in [0.1, 0.15) is 23.1 Å². The maximum Gasteiger partial charge on any atom is 0.212 e. The van der Waals surface area contributed by atoms with Gasteiger partial charge in [0.25, 0.3) is 0 Å². The van der Waals surface area contributed by atoms with E-state index < -0.39 is 5.54 Å². The highest BCUT2D eigenvalue weighted by molar-refractivity contribution is 8.15. The Balaban J connectivity index is 1.75. The van der Waals surface area contributed by atoms with Gasteiger partial charge in [-0.15, -0.1) is 0 Å². The highest BCUT2D eigenvalue weighted by atomic mass is 32.2. The van der Waals surface area contributed by atoms with Crippen molar-refractivity contribution in [3.63, 3.8) is 0 Å². The first-order valence-electron chi connectivity index (χ1n) is 10.1. The van der Waals surface area contributed by atoms with Gasteiger partial charge in [-0.2, -0.15) is 0 Å². The van der Waals surface area contributed by atoms with Crippen LogP contribution in [0.3, 0.4) is 0 Å². The average Bonchev–Trinajstić information content (AvgIpc) is 3.16. The predicted molar refractivity (Wildman–Crippen MR) is 120 cm³/mol. The first kappa shape index (κ1) is 18.4. The summed E-state index contributed by atoms with van der Waals surface area (Å²) in [6.07, 6.45) is 2.86. The van der Waals surface area contributed by atoms with Crippen molar-refractivity contribution >= 4 is 16.9 Å². The molecule has 0 N–H and O–H groups in total. The van der Waals surface area contributed by atoms with E-state index in [0.717, 1.165) is 19.5 Å². The molecule has 3 heteroatoms. The molecule has 0 bridgehead atoms. The molecule has 0 radical (unpaired) electrons. The van der Waals surface area contributed by atoms with Crippen LogP contribution in [0.25, 0.3) is 0 Å². The average molecular weight is 398 g/mol. The van der Waals surface area contributed by atoms with E-state index in [2.05, 4.69) is 95.9 Å². The van der Waals surface area contributed by atoms with Gasteiger partial charge in [0.2, 0.25) is 5.12 Å². The summed E-state index contributed by atoms with van der Waals surface area (Å²) in [7, 11) is 0.